The van der Waals surface area contributed by atoms with Crippen molar-refractivity contribution in [2.75, 3.05) is 0 Å². The molecule has 0 aromatic heterocycles. The van der Waals surface area contributed by atoms with Crippen molar-refractivity contribution in [1.29, 1.82) is 0 Å². The Balaban J connectivity index is 2.17. The fourth-order valence-corrected chi connectivity index (χ4v) is 2.95. The number of carbonyl (C=O) groups is 2. The van der Waals surface area contributed by atoms with Crippen LogP contribution in [0.15, 0.2) is 69.9 Å². The Morgan fingerprint density at radius 2 is 1.09 bits per heavy atom. The van der Waals surface area contributed by atoms with Crippen molar-refractivity contribution in [3.63, 3.8) is 0 Å². The first-order valence-corrected chi connectivity index (χ1v) is 7.25. The van der Waals surface area contributed by atoms with Gasteiger partial charge in [0.05, 0.1) is 11.1 Å². The van der Waals surface area contributed by atoms with E-state index in [0.29, 0.717) is 24.0 Å². The maximum atomic E-state index is 11.4. The number of hydrogen-bond donors (Lipinski definition) is 2. The van der Waals surface area contributed by atoms with Crippen LogP contribution >= 0.6 is 0 Å². The molecule has 112 valence electrons. The lowest BCUT2D eigenvalue weighted by atomic mass is 9.86. The van der Waals surface area contributed by atoms with Gasteiger partial charge in [-0.1, -0.05) is 24.3 Å². The van der Waals surface area contributed by atoms with E-state index in [1.54, 1.807) is 24.3 Å². The molecule has 4 bridgehead atoms. The number of carboxylic acid groups (broad SMARTS) is 2. The SMILES string of the molecule is O=C(O)C1=C2C=CC3=C(C(=O)O)C=C(C=CC(=C1)CC2)CC3. The van der Waals surface area contributed by atoms with Crippen molar-refractivity contribution < 1.29 is 19.8 Å². The Labute approximate surface area is 128 Å². The molecule has 6 rings (SSSR count). The van der Waals surface area contributed by atoms with E-state index in [2.05, 4.69) is 0 Å². The van der Waals surface area contributed by atoms with Gasteiger partial charge in [0.25, 0.3) is 0 Å². The largest absolute Gasteiger partial charge is 0.478 e. The summed E-state index contributed by atoms with van der Waals surface area (Å²) in [6.07, 6.45) is 13.7. The molecule has 2 N–H and O–H groups in total. The second-order valence-electron chi connectivity index (χ2n) is 5.59. The summed E-state index contributed by atoms with van der Waals surface area (Å²) < 4.78 is 0. The van der Waals surface area contributed by atoms with Crippen LogP contribution in [0.2, 0.25) is 0 Å². The number of rotatable bonds is 2. The van der Waals surface area contributed by atoms with E-state index in [9.17, 15) is 19.8 Å². The van der Waals surface area contributed by atoms with E-state index >= 15 is 0 Å². The smallest absolute Gasteiger partial charge is 0.335 e. The van der Waals surface area contributed by atoms with Crippen LogP contribution < -0.4 is 0 Å². The highest BCUT2D eigenvalue weighted by Gasteiger charge is 2.19. The van der Waals surface area contributed by atoms with Crippen molar-refractivity contribution in [2.45, 2.75) is 25.7 Å². The van der Waals surface area contributed by atoms with Crippen molar-refractivity contribution in [3.8, 4) is 0 Å². The summed E-state index contributed by atoms with van der Waals surface area (Å²) in [7, 11) is 0. The van der Waals surface area contributed by atoms with Crippen LogP contribution in [0.25, 0.3) is 0 Å². The van der Waals surface area contributed by atoms with Gasteiger partial charge in [0.2, 0.25) is 0 Å². The van der Waals surface area contributed by atoms with Crippen molar-refractivity contribution >= 4 is 11.9 Å². The summed E-state index contributed by atoms with van der Waals surface area (Å²) in [6, 6.07) is 0. The monoisotopic (exact) mass is 296 g/mol. The Morgan fingerprint density at radius 3 is 1.45 bits per heavy atom. The minimum atomic E-state index is -0.945. The Kier molecular flexibility index (Phi) is 3.67. The van der Waals surface area contributed by atoms with Gasteiger partial charge in [0.15, 0.2) is 0 Å². The predicted molar refractivity (Wildman–Crippen MR) is 82.2 cm³/mol. The molecule has 0 unspecified atom stereocenters. The molecule has 0 aromatic carbocycles. The summed E-state index contributed by atoms with van der Waals surface area (Å²) in [5.74, 6) is -1.89. The normalized spacial score (nSPS) is 20.5. The summed E-state index contributed by atoms with van der Waals surface area (Å²) in [5.41, 5.74) is 4.01. The van der Waals surface area contributed by atoms with E-state index in [-0.39, 0.29) is 0 Å². The first-order valence-electron chi connectivity index (χ1n) is 7.25. The van der Waals surface area contributed by atoms with Gasteiger partial charge in [-0.15, -0.1) is 0 Å². The predicted octanol–water partition coefficient (Wildman–Crippen LogP) is 3.32. The Bertz CT molecular complexity index is 677. The van der Waals surface area contributed by atoms with E-state index < -0.39 is 11.9 Å². The highest BCUT2D eigenvalue weighted by atomic mass is 16.4. The van der Waals surface area contributed by atoms with Gasteiger partial charge < -0.3 is 10.2 Å². The zero-order chi connectivity index (χ0) is 15.7. The van der Waals surface area contributed by atoms with E-state index in [4.69, 9.17) is 0 Å². The molecule has 0 amide bonds. The Hall–Kier alpha value is -2.62. The lowest BCUT2D eigenvalue weighted by molar-refractivity contribution is -0.133. The number of hydrogen-bond acceptors (Lipinski definition) is 2. The van der Waals surface area contributed by atoms with Crippen molar-refractivity contribution in [2.24, 2.45) is 0 Å². The van der Waals surface area contributed by atoms with Gasteiger partial charge in [-0.3, -0.25) is 0 Å². The highest BCUT2D eigenvalue weighted by molar-refractivity contribution is 5.93. The maximum Gasteiger partial charge on any atom is 0.335 e. The molecule has 0 saturated carbocycles. The van der Waals surface area contributed by atoms with Crippen molar-refractivity contribution in [1.82, 2.24) is 0 Å². The second-order valence-corrected chi connectivity index (χ2v) is 5.59. The summed E-state index contributed by atoms with van der Waals surface area (Å²) in [6.45, 7) is 0. The first-order chi connectivity index (χ1) is 10.5. The van der Waals surface area contributed by atoms with Gasteiger partial charge in [0.1, 0.15) is 0 Å². The molecule has 22 heavy (non-hydrogen) atoms. The molecule has 0 aliphatic heterocycles. The molecule has 0 saturated heterocycles. The van der Waals surface area contributed by atoms with Crippen LogP contribution in [0, 0.1) is 0 Å². The van der Waals surface area contributed by atoms with Crippen molar-refractivity contribution in [3.05, 3.63) is 69.9 Å². The summed E-state index contributed by atoms with van der Waals surface area (Å²) in [4.78, 5) is 22.8. The minimum absolute atomic E-state index is 0.296. The second kappa shape index (κ2) is 5.64. The fourth-order valence-electron chi connectivity index (χ4n) is 2.95. The molecule has 0 fully saturated rings. The van der Waals surface area contributed by atoms with E-state index in [1.165, 1.54) is 0 Å². The van der Waals surface area contributed by atoms with Crippen LogP contribution in [0.4, 0.5) is 0 Å². The molecular formula is C18H16O4. The molecule has 0 heterocycles. The van der Waals surface area contributed by atoms with Gasteiger partial charge in [0, 0.05) is 0 Å². The third-order valence-electron chi connectivity index (χ3n) is 4.18. The average molecular weight is 296 g/mol. The third-order valence-corrected chi connectivity index (χ3v) is 4.18. The molecule has 0 atom stereocenters. The molecule has 6 aliphatic rings. The summed E-state index contributed by atoms with van der Waals surface area (Å²) >= 11 is 0. The van der Waals surface area contributed by atoms with Crippen LogP contribution in [0.3, 0.4) is 0 Å². The third kappa shape index (κ3) is 2.72. The van der Waals surface area contributed by atoms with Crippen LogP contribution in [0.5, 0.6) is 0 Å². The summed E-state index contributed by atoms with van der Waals surface area (Å²) in [5, 5.41) is 18.7. The molecule has 0 aromatic rings. The lowest BCUT2D eigenvalue weighted by Gasteiger charge is -2.18. The molecule has 6 aliphatic carbocycles. The minimum Gasteiger partial charge on any atom is -0.478 e. The highest BCUT2D eigenvalue weighted by Crippen LogP contribution is 2.31. The molecule has 4 heteroatoms. The molecule has 4 nitrogen and oxygen atoms in total. The van der Waals surface area contributed by atoms with Crippen LogP contribution in [0.1, 0.15) is 25.7 Å². The zero-order valence-electron chi connectivity index (χ0n) is 12.0. The number of aliphatic carboxylic acids is 2. The molecule has 0 spiro atoms. The molecule has 0 radical (unpaired) electrons. The first kappa shape index (κ1) is 14.3. The lowest BCUT2D eigenvalue weighted by Crippen LogP contribution is -2.09. The quantitative estimate of drug-likeness (QED) is 0.819. The molecular weight excluding hydrogens is 280 g/mol. The van der Waals surface area contributed by atoms with E-state index in [0.717, 1.165) is 35.1 Å². The zero-order valence-corrected chi connectivity index (χ0v) is 12.0. The number of allylic oxidation sites excluding steroid dienone is 8. The van der Waals surface area contributed by atoms with Gasteiger partial charge in [-0.25, -0.2) is 9.59 Å². The average Bonchev–Trinajstić information content (AvgIpc) is 2.49. The van der Waals surface area contributed by atoms with Gasteiger partial charge >= 0.3 is 11.9 Å². The standard InChI is InChI=1S/C18H16O4/c19-17(20)15-9-11-1-2-12-4-6-14(16(10-12)18(21)22)8-7-13(15)5-3-11/h1-2,7-10H,3-6H2,(H,19,20)(H,21,22). The topological polar surface area (TPSA) is 74.6 Å². The van der Waals surface area contributed by atoms with Crippen LogP contribution in [-0.4, -0.2) is 22.2 Å². The van der Waals surface area contributed by atoms with Gasteiger partial charge in [-0.2, -0.15) is 0 Å². The fraction of sp³-hybridized carbons (Fsp3) is 0.222. The van der Waals surface area contributed by atoms with Crippen LogP contribution in [-0.2, 0) is 9.59 Å². The Morgan fingerprint density at radius 1 is 0.682 bits per heavy atom. The van der Waals surface area contributed by atoms with Gasteiger partial charge in [-0.05, 0) is 60.1 Å². The van der Waals surface area contributed by atoms with E-state index in [1.807, 2.05) is 12.2 Å². The maximum absolute atomic E-state index is 11.4. The number of carboxylic acids is 2.